The van der Waals surface area contributed by atoms with Gasteiger partial charge in [-0.1, -0.05) is 0 Å². The zero-order valence-corrected chi connectivity index (χ0v) is 17.5. The van der Waals surface area contributed by atoms with E-state index in [-0.39, 0.29) is 22.2 Å². The van der Waals surface area contributed by atoms with Gasteiger partial charge in [0.25, 0.3) is 5.91 Å². The van der Waals surface area contributed by atoms with E-state index in [1.165, 1.54) is 42.7 Å². The fraction of sp³-hybridized carbons (Fsp3) is 0.227. The van der Waals surface area contributed by atoms with Crippen LogP contribution in [-0.4, -0.2) is 34.5 Å². The molecule has 1 amide bonds. The Morgan fingerprint density at radius 3 is 2.41 bits per heavy atom. The highest BCUT2D eigenvalue weighted by Gasteiger charge is 2.29. The molecule has 1 saturated heterocycles. The van der Waals surface area contributed by atoms with Gasteiger partial charge in [0.15, 0.2) is 0 Å². The number of carbonyl (C=O) groups is 1. The first-order valence-corrected chi connectivity index (χ1v) is 10.6. The Balaban J connectivity index is 1.59. The number of carbonyl (C=O) groups excluding carboxylic acids is 1. The van der Waals surface area contributed by atoms with Crippen LogP contribution in [0.25, 0.3) is 11.1 Å². The number of nitrogens with one attached hydrogen (secondary N) is 1. The van der Waals surface area contributed by atoms with Gasteiger partial charge in [-0.2, -0.15) is 13.2 Å². The minimum Gasteiger partial charge on any atom is -0.356 e. The van der Waals surface area contributed by atoms with Crippen LogP contribution >= 0.6 is 11.8 Å². The summed E-state index contributed by atoms with van der Waals surface area (Å²) in [5, 5.41) is 2.65. The fourth-order valence-electron chi connectivity index (χ4n) is 3.48. The molecule has 3 aromatic rings. The molecule has 1 aliphatic heterocycles. The van der Waals surface area contributed by atoms with E-state index in [9.17, 15) is 22.4 Å². The molecule has 4 rings (SSSR count). The summed E-state index contributed by atoms with van der Waals surface area (Å²) in [6.45, 7) is 1.63. The van der Waals surface area contributed by atoms with E-state index in [1.807, 2.05) is 0 Å². The Bertz CT molecular complexity index is 1120. The van der Waals surface area contributed by atoms with Crippen LogP contribution in [0.5, 0.6) is 0 Å². The normalized spacial score (nSPS) is 13.9. The van der Waals surface area contributed by atoms with Gasteiger partial charge in [-0.05, 0) is 61.0 Å². The Hall–Kier alpha value is -3.14. The summed E-state index contributed by atoms with van der Waals surface area (Å²) < 4.78 is 51.2. The van der Waals surface area contributed by atoms with Crippen molar-refractivity contribution in [3.8, 4) is 11.1 Å². The largest absolute Gasteiger partial charge is 0.446 e. The number of nitrogens with zero attached hydrogens (tertiary/aromatic N) is 3. The Morgan fingerprint density at radius 1 is 1.03 bits per heavy atom. The van der Waals surface area contributed by atoms with Gasteiger partial charge in [0.05, 0.1) is 11.8 Å². The fourth-order valence-corrected chi connectivity index (χ4v) is 4.02. The maximum absolute atomic E-state index is 13.8. The molecule has 2 aromatic heterocycles. The first kappa shape index (κ1) is 22.1. The van der Waals surface area contributed by atoms with Crippen molar-refractivity contribution in [2.24, 2.45) is 0 Å². The maximum atomic E-state index is 13.8. The SMILES string of the molecule is O=C(Nc1ccc(SC(F)(F)F)cc1)c1cnc(N2CCCC2)c(-c2cncc(F)c2)c1. The number of benzene rings is 1. The average molecular weight is 462 g/mol. The second-order valence-electron chi connectivity index (χ2n) is 7.21. The minimum atomic E-state index is -4.38. The molecule has 0 unspecified atom stereocenters. The lowest BCUT2D eigenvalue weighted by atomic mass is 10.1. The minimum absolute atomic E-state index is 0.0213. The van der Waals surface area contributed by atoms with Gasteiger partial charge in [0.1, 0.15) is 11.6 Å². The van der Waals surface area contributed by atoms with E-state index >= 15 is 0 Å². The molecule has 1 aliphatic rings. The van der Waals surface area contributed by atoms with Crippen molar-refractivity contribution in [3.63, 3.8) is 0 Å². The molecule has 166 valence electrons. The number of amides is 1. The molecule has 0 aliphatic carbocycles. The molecule has 32 heavy (non-hydrogen) atoms. The lowest BCUT2D eigenvalue weighted by molar-refractivity contribution is -0.0328. The summed E-state index contributed by atoms with van der Waals surface area (Å²) in [5.74, 6) is -0.325. The molecule has 1 N–H and O–H groups in total. The molecule has 1 aromatic carbocycles. The van der Waals surface area contributed by atoms with E-state index < -0.39 is 17.2 Å². The van der Waals surface area contributed by atoms with Crippen molar-refractivity contribution in [2.45, 2.75) is 23.2 Å². The molecular weight excluding hydrogens is 444 g/mol. The van der Waals surface area contributed by atoms with Crippen LogP contribution in [0.15, 0.2) is 59.9 Å². The number of halogens is 4. The summed E-state index contributed by atoms with van der Waals surface area (Å²) in [5.41, 5.74) is -2.71. The first-order chi connectivity index (χ1) is 15.3. The Kier molecular flexibility index (Phi) is 6.31. The van der Waals surface area contributed by atoms with Crippen LogP contribution in [0.2, 0.25) is 0 Å². The lowest BCUT2D eigenvalue weighted by Crippen LogP contribution is -2.21. The number of hydrogen-bond donors (Lipinski definition) is 1. The van der Waals surface area contributed by atoms with Gasteiger partial charge >= 0.3 is 5.51 Å². The van der Waals surface area contributed by atoms with Gasteiger partial charge in [0.2, 0.25) is 0 Å². The maximum Gasteiger partial charge on any atom is 0.446 e. The summed E-state index contributed by atoms with van der Waals surface area (Å²) in [4.78, 5) is 23.2. The summed E-state index contributed by atoms with van der Waals surface area (Å²) in [6.07, 6.45) is 6.09. The molecule has 0 atom stereocenters. The van der Waals surface area contributed by atoms with E-state index in [0.29, 0.717) is 22.6 Å². The average Bonchev–Trinajstić information content (AvgIpc) is 3.28. The number of anilines is 2. The Morgan fingerprint density at radius 2 is 1.75 bits per heavy atom. The van der Waals surface area contributed by atoms with Gasteiger partial charge in [-0.3, -0.25) is 9.78 Å². The van der Waals surface area contributed by atoms with Crippen LogP contribution in [-0.2, 0) is 0 Å². The van der Waals surface area contributed by atoms with Crippen LogP contribution < -0.4 is 10.2 Å². The van der Waals surface area contributed by atoms with Crippen molar-refractivity contribution < 1.29 is 22.4 Å². The topological polar surface area (TPSA) is 58.1 Å². The van der Waals surface area contributed by atoms with Crippen molar-refractivity contribution in [3.05, 3.63) is 66.4 Å². The lowest BCUT2D eigenvalue weighted by Gasteiger charge is -2.20. The van der Waals surface area contributed by atoms with Crippen molar-refractivity contribution in [1.82, 2.24) is 9.97 Å². The van der Waals surface area contributed by atoms with E-state index in [4.69, 9.17) is 0 Å². The second-order valence-corrected chi connectivity index (χ2v) is 8.35. The number of alkyl halides is 3. The summed E-state index contributed by atoms with van der Waals surface area (Å²) >= 11 is -0.225. The van der Waals surface area contributed by atoms with E-state index in [1.54, 1.807) is 6.07 Å². The Labute approximate surface area is 185 Å². The molecule has 10 heteroatoms. The number of hydrogen-bond acceptors (Lipinski definition) is 5. The molecule has 0 saturated carbocycles. The summed E-state index contributed by atoms with van der Waals surface area (Å²) in [7, 11) is 0. The van der Waals surface area contributed by atoms with E-state index in [2.05, 4.69) is 20.2 Å². The highest BCUT2D eigenvalue weighted by Crippen LogP contribution is 2.37. The molecule has 0 radical (unpaired) electrons. The number of pyridine rings is 2. The number of thioether (sulfide) groups is 1. The van der Waals surface area contributed by atoms with Gasteiger partial charge in [-0.25, -0.2) is 9.37 Å². The van der Waals surface area contributed by atoms with Crippen LogP contribution in [0.4, 0.5) is 29.1 Å². The van der Waals surface area contributed by atoms with Gasteiger partial charge < -0.3 is 10.2 Å². The van der Waals surface area contributed by atoms with Crippen LogP contribution in [0.1, 0.15) is 23.2 Å². The molecule has 0 bridgehead atoms. The van der Waals surface area contributed by atoms with Crippen molar-refractivity contribution in [2.75, 3.05) is 23.3 Å². The summed E-state index contributed by atoms with van der Waals surface area (Å²) in [6, 6.07) is 8.33. The highest BCUT2D eigenvalue weighted by atomic mass is 32.2. The molecular formula is C22H18F4N4OS. The van der Waals surface area contributed by atoms with Crippen molar-refractivity contribution in [1.29, 1.82) is 0 Å². The standard InChI is InChI=1S/C22H18F4N4OS/c23-16-9-14(11-27-13-16)19-10-15(12-28-20(19)30-7-1-2-8-30)21(31)29-17-3-5-18(6-4-17)32-22(24,25)26/h3-6,9-13H,1-2,7-8H2,(H,29,31). The van der Waals surface area contributed by atoms with Gasteiger partial charge in [0, 0.05) is 47.2 Å². The van der Waals surface area contributed by atoms with Crippen molar-refractivity contribution >= 4 is 29.2 Å². The van der Waals surface area contributed by atoms with Gasteiger partial charge in [-0.15, -0.1) is 0 Å². The highest BCUT2D eigenvalue weighted by molar-refractivity contribution is 8.00. The predicted molar refractivity (Wildman–Crippen MR) is 115 cm³/mol. The first-order valence-electron chi connectivity index (χ1n) is 9.81. The third kappa shape index (κ3) is 5.37. The third-order valence-electron chi connectivity index (χ3n) is 4.90. The zero-order chi connectivity index (χ0) is 22.7. The zero-order valence-electron chi connectivity index (χ0n) is 16.7. The third-order valence-corrected chi connectivity index (χ3v) is 5.64. The molecule has 0 spiro atoms. The second kappa shape index (κ2) is 9.15. The number of aromatic nitrogens is 2. The molecule has 1 fully saturated rings. The number of rotatable bonds is 5. The molecule has 3 heterocycles. The van der Waals surface area contributed by atoms with Crippen LogP contribution in [0.3, 0.4) is 0 Å². The molecule has 5 nitrogen and oxygen atoms in total. The monoisotopic (exact) mass is 462 g/mol. The quantitative estimate of drug-likeness (QED) is 0.387. The van der Waals surface area contributed by atoms with E-state index in [0.717, 1.165) is 32.1 Å². The van der Waals surface area contributed by atoms with Crippen LogP contribution in [0, 0.1) is 5.82 Å². The smallest absolute Gasteiger partial charge is 0.356 e. The predicted octanol–water partition coefficient (Wildman–Crippen LogP) is 5.75.